The van der Waals surface area contributed by atoms with Gasteiger partial charge in [-0.05, 0) is 55.5 Å². The molecule has 35 heavy (non-hydrogen) atoms. The number of morpholine rings is 1. The SMILES string of the molecule is COc1ccccc1NC(=O)N(CCCN1CCOCC1)Cc1cc2cc(C)cc(C)c2[nH]c1=O. The second-order valence-corrected chi connectivity index (χ2v) is 9.03. The van der Waals surface area contributed by atoms with Gasteiger partial charge in [-0.2, -0.15) is 0 Å². The van der Waals surface area contributed by atoms with E-state index in [1.54, 1.807) is 24.1 Å². The number of fused-ring (bicyclic) bond motifs is 1. The monoisotopic (exact) mass is 478 g/mol. The van der Waals surface area contributed by atoms with Gasteiger partial charge < -0.3 is 24.7 Å². The molecule has 0 unspecified atom stereocenters. The van der Waals surface area contributed by atoms with Gasteiger partial charge in [-0.15, -0.1) is 0 Å². The number of methoxy groups -OCH3 is 1. The molecule has 2 N–H and O–H groups in total. The quantitative estimate of drug-likeness (QED) is 0.513. The summed E-state index contributed by atoms with van der Waals surface area (Å²) < 4.78 is 10.8. The van der Waals surface area contributed by atoms with Crippen molar-refractivity contribution in [1.82, 2.24) is 14.8 Å². The second-order valence-electron chi connectivity index (χ2n) is 9.03. The number of H-pyrrole nitrogens is 1. The van der Waals surface area contributed by atoms with Crippen molar-refractivity contribution in [3.05, 3.63) is 69.5 Å². The molecular weight excluding hydrogens is 444 g/mol. The molecule has 1 aliphatic heterocycles. The van der Waals surface area contributed by atoms with Crippen molar-refractivity contribution in [2.45, 2.75) is 26.8 Å². The first-order valence-electron chi connectivity index (χ1n) is 12.1. The van der Waals surface area contributed by atoms with Gasteiger partial charge in [0.1, 0.15) is 5.75 Å². The van der Waals surface area contributed by atoms with Crippen LogP contribution in [0.15, 0.2) is 47.3 Å². The summed E-state index contributed by atoms with van der Waals surface area (Å²) >= 11 is 0. The van der Waals surface area contributed by atoms with E-state index in [4.69, 9.17) is 9.47 Å². The number of hydrogen-bond donors (Lipinski definition) is 2. The topological polar surface area (TPSA) is 86.9 Å². The van der Waals surface area contributed by atoms with Crippen molar-refractivity contribution in [3.63, 3.8) is 0 Å². The number of hydrogen-bond acceptors (Lipinski definition) is 5. The molecule has 8 nitrogen and oxygen atoms in total. The number of rotatable bonds is 8. The number of para-hydroxylation sites is 2. The minimum Gasteiger partial charge on any atom is -0.495 e. The Morgan fingerprint density at radius 2 is 1.94 bits per heavy atom. The molecule has 0 bridgehead atoms. The van der Waals surface area contributed by atoms with Crippen molar-refractivity contribution < 1.29 is 14.3 Å². The molecule has 0 radical (unpaired) electrons. The van der Waals surface area contributed by atoms with Gasteiger partial charge in [0.25, 0.3) is 5.56 Å². The van der Waals surface area contributed by atoms with Gasteiger partial charge >= 0.3 is 6.03 Å². The maximum absolute atomic E-state index is 13.4. The minimum absolute atomic E-state index is 0.173. The molecule has 186 valence electrons. The molecule has 2 aromatic carbocycles. The van der Waals surface area contributed by atoms with E-state index >= 15 is 0 Å². The van der Waals surface area contributed by atoms with Gasteiger partial charge in [0.15, 0.2) is 0 Å². The third kappa shape index (κ3) is 6.21. The van der Waals surface area contributed by atoms with E-state index in [-0.39, 0.29) is 18.1 Å². The average Bonchev–Trinajstić information content (AvgIpc) is 2.85. The molecule has 8 heteroatoms. The fourth-order valence-electron chi connectivity index (χ4n) is 4.56. The van der Waals surface area contributed by atoms with Gasteiger partial charge in [0, 0.05) is 31.7 Å². The van der Waals surface area contributed by atoms with E-state index < -0.39 is 0 Å². The Morgan fingerprint density at radius 3 is 2.71 bits per heavy atom. The molecule has 3 aromatic rings. The van der Waals surface area contributed by atoms with Crippen molar-refractivity contribution >= 4 is 22.6 Å². The van der Waals surface area contributed by atoms with Crippen LogP contribution in [-0.2, 0) is 11.3 Å². The fraction of sp³-hybridized carbons (Fsp3) is 0.407. The van der Waals surface area contributed by atoms with E-state index in [1.165, 1.54) is 0 Å². The Bertz CT molecular complexity index is 1230. The molecule has 4 rings (SSSR count). The lowest BCUT2D eigenvalue weighted by molar-refractivity contribution is 0.0365. The normalized spacial score (nSPS) is 14.1. The summed E-state index contributed by atoms with van der Waals surface area (Å²) in [5.41, 5.74) is 3.97. The molecule has 1 saturated heterocycles. The first-order chi connectivity index (χ1) is 16.9. The van der Waals surface area contributed by atoms with Gasteiger partial charge in [0.2, 0.25) is 0 Å². The van der Waals surface area contributed by atoms with Crippen LogP contribution in [0.25, 0.3) is 10.9 Å². The summed E-state index contributed by atoms with van der Waals surface area (Å²) in [6, 6.07) is 13.0. The summed E-state index contributed by atoms with van der Waals surface area (Å²) in [5, 5.41) is 3.93. The lowest BCUT2D eigenvalue weighted by atomic mass is 10.1. The lowest BCUT2D eigenvalue weighted by Crippen LogP contribution is -2.40. The highest BCUT2D eigenvalue weighted by Gasteiger charge is 2.19. The van der Waals surface area contributed by atoms with Crippen molar-refractivity contribution in [2.75, 3.05) is 51.8 Å². The van der Waals surface area contributed by atoms with Crippen LogP contribution in [0.2, 0.25) is 0 Å². The summed E-state index contributed by atoms with van der Waals surface area (Å²) in [7, 11) is 1.57. The second kappa shape index (κ2) is 11.4. The number of aromatic amines is 1. The van der Waals surface area contributed by atoms with Crippen LogP contribution < -0.4 is 15.6 Å². The summed E-state index contributed by atoms with van der Waals surface area (Å²) in [5.74, 6) is 0.587. The number of nitrogens with one attached hydrogen (secondary N) is 2. The number of anilines is 1. The Morgan fingerprint density at radius 1 is 1.17 bits per heavy atom. The van der Waals surface area contributed by atoms with Crippen LogP contribution in [0.3, 0.4) is 0 Å². The number of aryl methyl sites for hydroxylation is 2. The first-order valence-corrected chi connectivity index (χ1v) is 12.1. The highest BCUT2D eigenvalue weighted by Crippen LogP contribution is 2.24. The molecule has 0 spiro atoms. The predicted molar refractivity (Wildman–Crippen MR) is 138 cm³/mol. The summed E-state index contributed by atoms with van der Waals surface area (Å²) in [4.78, 5) is 33.4. The molecule has 1 aromatic heterocycles. The Kier molecular flexibility index (Phi) is 8.05. The number of benzene rings is 2. The number of carbonyl (C=O) groups excluding carboxylic acids is 1. The zero-order chi connectivity index (χ0) is 24.8. The van der Waals surface area contributed by atoms with Crippen molar-refractivity contribution in [3.8, 4) is 5.75 Å². The lowest BCUT2D eigenvalue weighted by Gasteiger charge is -2.28. The number of urea groups is 1. The number of aromatic nitrogens is 1. The van der Waals surface area contributed by atoms with Crippen LogP contribution in [0.4, 0.5) is 10.5 Å². The number of amides is 2. The van der Waals surface area contributed by atoms with Crippen LogP contribution in [0.1, 0.15) is 23.1 Å². The van der Waals surface area contributed by atoms with E-state index in [2.05, 4.69) is 27.3 Å². The number of carbonyl (C=O) groups is 1. The maximum atomic E-state index is 13.4. The molecule has 1 fully saturated rings. The zero-order valence-electron chi connectivity index (χ0n) is 20.7. The van der Waals surface area contributed by atoms with Crippen molar-refractivity contribution in [2.24, 2.45) is 0 Å². The highest BCUT2D eigenvalue weighted by atomic mass is 16.5. The number of nitrogens with zero attached hydrogens (tertiary/aromatic N) is 2. The van der Waals surface area contributed by atoms with Crippen LogP contribution in [0, 0.1) is 13.8 Å². The number of ether oxygens (including phenoxy) is 2. The van der Waals surface area contributed by atoms with E-state index in [0.29, 0.717) is 23.5 Å². The highest BCUT2D eigenvalue weighted by molar-refractivity contribution is 5.91. The molecule has 0 aliphatic carbocycles. The van der Waals surface area contributed by atoms with Gasteiger partial charge in [0.05, 0.1) is 38.1 Å². The molecule has 1 aliphatic rings. The van der Waals surface area contributed by atoms with Crippen LogP contribution >= 0.6 is 0 Å². The van der Waals surface area contributed by atoms with E-state index in [9.17, 15) is 9.59 Å². The fourth-order valence-corrected chi connectivity index (χ4v) is 4.56. The van der Waals surface area contributed by atoms with Gasteiger partial charge in [-0.25, -0.2) is 4.79 Å². The Hall–Kier alpha value is -3.36. The maximum Gasteiger partial charge on any atom is 0.322 e. The summed E-state index contributed by atoms with van der Waals surface area (Å²) in [6.07, 6.45) is 0.795. The van der Waals surface area contributed by atoms with Gasteiger partial charge in [-0.1, -0.05) is 23.8 Å². The molecular formula is C27H34N4O4. The molecule has 0 atom stereocenters. The molecule has 2 heterocycles. The number of pyridine rings is 1. The predicted octanol–water partition coefficient (Wildman–Crippen LogP) is 3.91. The van der Waals surface area contributed by atoms with Gasteiger partial charge in [-0.3, -0.25) is 9.69 Å². The van der Waals surface area contributed by atoms with Crippen molar-refractivity contribution in [1.29, 1.82) is 0 Å². The smallest absolute Gasteiger partial charge is 0.322 e. The zero-order valence-corrected chi connectivity index (χ0v) is 20.7. The minimum atomic E-state index is -0.267. The Balaban J connectivity index is 1.56. The first kappa shape index (κ1) is 24.8. The van der Waals surface area contributed by atoms with E-state index in [1.807, 2.05) is 32.0 Å². The van der Waals surface area contributed by atoms with Crippen LogP contribution in [-0.4, -0.2) is 67.3 Å². The Labute approximate surface area is 205 Å². The third-order valence-corrected chi connectivity index (χ3v) is 6.37. The van der Waals surface area contributed by atoms with Crippen LogP contribution in [0.5, 0.6) is 5.75 Å². The largest absolute Gasteiger partial charge is 0.495 e. The third-order valence-electron chi connectivity index (χ3n) is 6.37. The molecule has 0 saturated carbocycles. The van der Waals surface area contributed by atoms with E-state index in [0.717, 1.165) is 61.3 Å². The molecule has 2 amide bonds. The standard InChI is InChI=1S/C27H34N4O4/c1-19-15-20(2)25-21(16-19)17-22(26(32)29-25)18-31(10-6-9-30-11-13-35-14-12-30)27(33)28-23-7-4-5-8-24(23)34-3/h4-5,7-8,15-17H,6,9-14,18H2,1-3H3,(H,28,33)(H,29,32). The average molecular weight is 479 g/mol. The summed E-state index contributed by atoms with van der Waals surface area (Å²) in [6.45, 7) is 8.90.